The quantitative estimate of drug-likeness (QED) is 0.546. The first kappa shape index (κ1) is 25.7. The molecule has 3 heterocycles. The van der Waals surface area contributed by atoms with Crippen LogP contribution in [0.5, 0.6) is 5.75 Å². The number of ether oxygens (including phenoxy) is 1. The van der Waals surface area contributed by atoms with Crippen LogP contribution in [0.1, 0.15) is 52.7 Å². The average Bonchev–Trinajstić information content (AvgIpc) is 3.44. The molecule has 2 fully saturated rings. The molecule has 0 saturated carbocycles. The van der Waals surface area contributed by atoms with Gasteiger partial charge in [0.2, 0.25) is 11.8 Å². The van der Waals surface area contributed by atoms with Crippen molar-refractivity contribution in [2.24, 2.45) is 0 Å². The van der Waals surface area contributed by atoms with E-state index in [1.807, 2.05) is 35.2 Å². The smallest absolute Gasteiger partial charge is 0.320 e. The molecule has 9 nitrogen and oxygen atoms in total. The number of carbonyl (C=O) groups is 4. The highest BCUT2D eigenvalue weighted by Crippen LogP contribution is 2.34. The van der Waals surface area contributed by atoms with E-state index >= 15 is 0 Å². The number of imide groups is 1. The van der Waals surface area contributed by atoms with E-state index in [0.29, 0.717) is 37.3 Å². The Kier molecular flexibility index (Phi) is 7.61. The van der Waals surface area contributed by atoms with Gasteiger partial charge in [-0.05, 0) is 49.1 Å². The first-order valence-corrected chi connectivity index (χ1v) is 11.8. The summed E-state index contributed by atoms with van der Waals surface area (Å²) in [6.45, 7) is 1.96. The summed E-state index contributed by atoms with van der Waals surface area (Å²) in [5.41, 5.74) is 3.26. The highest BCUT2D eigenvalue weighted by atomic mass is 35.5. The van der Waals surface area contributed by atoms with Crippen LogP contribution in [0.2, 0.25) is 0 Å². The van der Waals surface area contributed by atoms with Gasteiger partial charge in [0.15, 0.2) is 0 Å². The number of fused-ring (bicyclic) bond motifs is 1. The zero-order valence-electron chi connectivity index (χ0n) is 19.6. The molecule has 2 saturated heterocycles. The molecule has 3 aliphatic rings. The third-order valence-electron chi connectivity index (χ3n) is 6.99. The second-order valence-electron chi connectivity index (χ2n) is 9.25. The van der Waals surface area contributed by atoms with Gasteiger partial charge in [-0.1, -0.05) is 30.3 Å². The molecule has 0 aromatic heterocycles. The van der Waals surface area contributed by atoms with E-state index in [1.165, 1.54) is 4.90 Å². The van der Waals surface area contributed by atoms with Gasteiger partial charge < -0.3 is 14.7 Å². The molecule has 190 valence electrons. The molecule has 3 aliphatic heterocycles. The van der Waals surface area contributed by atoms with Crippen LogP contribution >= 0.6 is 12.4 Å². The lowest BCUT2D eigenvalue weighted by molar-refractivity contribution is -0.142. The summed E-state index contributed by atoms with van der Waals surface area (Å²) >= 11 is 0. The monoisotopic (exact) mass is 513 g/mol. The Hall–Kier alpha value is -3.43. The maximum absolute atomic E-state index is 13.0. The van der Waals surface area contributed by atoms with Gasteiger partial charge >= 0.3 is 5.97 Å². The molecule has 0 spiro atoms. The number of carboxylic acids is 1. The number of nitrogens with zero attached hydrogens (tertiary/aromatic N) is 2. The molecule has 2 aromatic rings. The van der Waals surface area contributed by atoms with Crippen LogP contribution in [0.25, 0.3) is 0 Å². The minimum absolute atomic E-state index is 0. The van der Waals surface area contributed by atoms with Crippen molar-refractivity contribution in [1.29, 1.82) is 0 Å². The Morgan fingerprint density at radius 1 is 1.06 bits per heavy atom. The molecule has 0 radical (unpaired) electrons. The van der Waals surface area contributed by atoms with E-state index in [9.17, 15) is 24.3 Å². The summed E-state index contributed by atoms with van der Waals surface area (Å²) in [5.74, 6) is -1.15. The number of aliphatic carboxylic acids is 1. The number of likely N-dealkylation sites (tertiary alicyclic amines) is 1. The Balaban J connectivity index is 0.00000304. The minimum atomic E-state index is -0.766. The summed E-state index contributed by atoms with van der Waals surface area (Å²) < 4.78 is 6.06. The predicted octanol–water partition coefficient (Wildman–Crippen LogP) is 2.50. The zero-order valence-corrected chi connectivity index (χ0v) is 20.5. The summed E-state index contributed by atoms with van der Waals surface area (Å²) in [6, 6.07) is 12.1. The molecule has 36 heavy (non-hydrogen) atoms. The number of nitrogens with one attached hydrogen (secondary N) is 1. The second kappa shape index (κ2) is 10.7. The van der Waals surface area contributed by atoms with Crippen LogP contribution < -0.4 is 10.1 Å². The van der Waals surface area contributed by atoms with Crippen molar-refractivity contribution < 1.29 is 29.0 Å². The maximum Gasteiger partial charge on any atom is 0.320 e. The van der Waals surface area contributed by atoms with E-state index in [4.69, 9.17) is 4.74 Å². The van der Waals surface area contributed by atoms with Gasteiger partial charge in [0.1, 0.15) is 24.4 Å². The fourth-order valence-electron chi connectivity index (χ4n) is 5.12. The van der Waals surface area contributed by atoms with Crippen LogP contribution in [0.15, 0.2) is 42.5 Å². The van der Waals surface area contributed by atoms with Crippen LogP contribution in [0.4, 0.5) is 0 Å². The number of rotatable bonds is 7. The Morgan fingerprint density at radius 3 is 2.53 bits per heavy atom. The molecule has 2 aromatic carbocycles. The molecule has 1 unspecified atom stereocenters. The number of hydrogen-bond donors (Lipinski definition) is 2. The fourth-order valence-corrected chi connectivity index (χ4v) is 5.12. The number of amides is 3. The Morgan fingerprint density at radius 2 is 1.81 bits per heavy atom. The average molecular weight is 514 g/mol. The van der Waals surface area contributed by atoms with Crippen molar-refractivity contribution in [2.75, 3.05) is 6.54 Å². The number of carbonyl (C=O) groups excluding carboxylic acids is 3. The molecule has 5 rings (SSSR count). The molecule has 0 bridgehead atoms. The topological polar surface area (TPSA) is 116 Å². The number of carboxylic acid groups (broad SMARTS) is 1. The summed E-state index contributed by atoms with van der Waals surface area (Å²) in [6.07, 6.45) is 2.11. The van der Waals surface area contributed by atoms with Crippen molar-refractivity contribution in [3.63, 3.8) is 0 Å². The SMILES string of the molecule is Cl.O=C1CCC(N2Cc3c(OCc4ccc(CN5CCC[C@@H]5C(=O)O)cc4)cccc3C2=O)C(=O)N1. The standard InChI is InChI=1S/C26H27N3O6.ClH/c30-23-11-10-20(24(31)27-23)29-14-19-18(25(29)32)3-1-5-22(19)35-15-17-8-6-16(7-9-17)13-28-12-2-4-21(28)26(33)34;/h1,3,5-9,20-21H,2,4,10-15H2,(H,33,34)(H,27,30,31);1H/t20?,21-;/m1./s1. The molecule has 3 amide bonds. The summed E-state index contributed by atoms with van der Waals surface area (Å²) in [4.78, 5) is 51.6. The van der Waals surface area contributed by atoms with Crippen molar-refractivity contribution >= 4 is 36.1 Å². The van der Waals surface area contributed by atoms with Gasteiger partial charge in [-0.25, -0.2) is 0 Å². The van der Waals surface area contributed by atoms with Crippen LogP contribution in [-0.4, -0.2) is 57.2 Å². The third-order valence-corrected chi connectivity index (χ3v) is 6.99. The lowest BCUT2D eigenvalue weighted by Crippen LogP contribution is -2.52. The molecular weight excluding hydrogens is 486 g/mol. The highest BCUT2D eigenvalue weighted by molar-refractivity contribution is 6.05. The van der Waals surface area contributed by atoms with Crippen LogP contribution in [0.3, 0.4) is 0 Å². The predicted molar refractivity (Wildman–Crippen MR) is 132 cm³/mol. The van der Waals surface area contributed by atoms with Gasteiger partial charge in [-0.2, -0.15) is 0 Å². The number of piperidine rings is 1. The molecule has 2 atom stereocenters. The largest absolute Gasteiger partial charge is 0.489 e. The number of benzene rings is 2. The molecule has 2 N–H and O–H groups in total. The van der Waals surface area contributed by atoms with Crippen LogP contribution in [0, 0.1) is 0 Å². The lowest BCUT2D eigenvalue weighted by atomic mass is 10.0. The minimum Gasteiger partial charge on any atom is -0.489 e. The Bertz CT molecular complexity index is 1180. The number of hydrogen-bond acceptors (Lipinski definition) is 6. The maximum atomic E-state index is 13.0. The second-order valence-corrected chi connectivity index (χ2v) is 9.25. The van der Waals surface area contributed by atoms with E-state index < -0.39 is 24.0 Å². The first-order valence-electron chi connectivity index (χ1n) is 11.8. The molecule has 0 aliphatic carbocycles. The zero-order chi connectivity index (χ0) is 24.5. The third kappa shape index (κ3) is 5.08. The van der Waals surface area contributed by atoms with Crippen molar-refractivity contribution in [3.8, 4) is 5.75 Å². The summed E-state index contributed by atoms with van der Waals surface area (Å²) in [7, 11) is 0. The molecule has 10 heteroatoms. The van der Waals surface area contributed by atoms with E-state index in [0.717, 1.165) is 29.7 Å². The van der Waals surface area contributed by atoms with Crippen molar-refractivity contribution in [3.05, 3.63) is 64.7 Å². The first-order chi connectivity index (χ1) is 16.9. The van der Waals surface area contributed by atoms with Crippen molar-refractivity contribution in [1.82, 2.24) is 15.1 Å². The van der Waals surface area contributed by atoms with Gasteiger partial charge in [0.25, 0.3) is 5.91 Å². The normalized spacial score (nSPS) is 21.7. The van der Waals surface area contributed by atoms with Gasteiger partial charge in [-0.3, -0.25) is 29.4 Å². The number of halogens is 1. The van der Waals surface area contributed by atoms with E-state index in [1.54, 1.807) is 12.1 Å². The van der Waals surface area contributed by atoms with Gasteiger partial charge in [-0.15, -0.1) is 12.4 Å². The lowest BCUT2D eigenvalue weighted by Gasteiger charge is -2.29. The Labute approximate surface area is 214 Å². The van der Waals surface area contributed by atoms with E-state index in [2.05, 4.69) is 5.32 Å². The van der Waals surface area contributed by atoms with E-state index in [-0.39, 0.29) is 37.2 Å². The van der Waals surface area contributed by atoms with Crippen LogP contribution in [-0.2, 0) is 34.1 Å². The van der Waals surface area contributed by atoms with Crippen molar-refractivity contribution in [2.45, 2.75) is 57.5 Å². The van der Waals surface area contributed by atoms with Gasteiger partial charge in [0, 0.05) is 24.1 Å². The molecular formula is C26H28ClN3O6. The fraction of sp³-hybridized carbons (Fsp3) is 0.385. The summed E-state index contributed by atoms with van der Waals surface area (Å²) in [5, 5.41) is 11.7. The van der Waals surface area contributed by atoms with Gasteiger partial charge in [0.05, 0.1) is 6.54 Å². The highest BCUT2D eigenvalue weighted by Gasteiger charge is 2.40.